The normalized spacial score (nSPS) is 14.2. The number of amides is 2. The Morgan fingerprint density at radius 3 is 2.24 bits per heavy atom. The molecule has 3 aromatic carbocycles. The van der Waals surface area contributed by atoms with Crippen LogP contribution in [0.4, 0.5) is 0 Å². The molecule has 0 unspecified atom stereocenters. The number of benzene rings is 3. The van der Waals surface area contributed by atoms with Crippen molar-refractivity contribution in [1.82, 2.24) is 10.9 Å². The lowest BCUT2D eigenvalue weighted by atomic mass is 10.1. The van der Waals surface area contributed by atoms with Gasteiger partial charge in [-0.2, -0.15) is 0 Å². The number of fused-ring (bicyclic) bond motifs is 1. The molecule has 33 heavy (non-hydrogen) atoms. The van der Waals surface area contributed by atoms with Crippen molar-refractivity contribution in [2.75, 3.05) is 13.2 Å². The van der Waals surface area contributed by atoms with Crippen LogP contribution in [-0.4, -0.2) is 31.1 Å². The average Bonchev–Trinajstić information content (AvgIpc) is 2.87. The van der Waals surface area contributed by atoms with E-state index in [1.807, 2.05) is 37.3 Å². The van der Waals surface area contributed by atoms with Gasteiger partial charge >= 0.3 is 0 Å². The van der Waals surface area contributed by atoms with E-state index in [0.29, 0.717) is 30.3 Å². The van der Waals surface area contributed by atoms with Crippen LogP contribution < -0.4 is 29.8 Å². The van der Waals surface area contributed by atoms with Crippen LogP contribution in [-0.2, 0) is 11.4 Å². The summed E-state index contributed by atoms with van der Waals surface area (Å²) in [6.07, 6.45) is -0.859. The van der Waals surface area contributed by atoms with Gasteiger partial charge in [-0.25, -0.2) is 0 Å². The molecular weight excluding hydrogens is 424 g/mol. The van der Waals surface area contributed by atoms with Crippen LogP contribution in [0.1, 0.15) is 22.8 Å². The highest BCUT2D eigenvalue weighted by Crippen LogP contribution is 2.30. The van der Waals surface area contributed by atoms with Gasteiger partial charge in [0.15, 0.2) is 11.5 Å². The van der Waals surface area contributed by atoms with E-state index < -0.39 is 17.9 Å². The maximum Gasteiger partial charge on any atom is 0.283 e. The number of hydrogen-bond acceptors (Lipinski definition) is 6. The molecule has 0 fully saturated rings. The number of rotatable bonds is 7. The smallest absolute Gasteiger partial charge is 0.283 e. The molecule has 0 radical (unpaired) electrons. The largest absolute Gasteiger partial charge is 0.494 e. The standard InChI is InChI=1S/C25H24N2O6/c1-2-30-19-11-13-20(14-12-19)31-15-17-7-9-18(10-8-17)24(28)26-27-25(29)23-16-32-21-5-3-4-6-22(21)33-23/h3-14,23H,2,15-16H2,1H3,(H,26,28)(H,27,29)/t23-/m1/s1. The molecule has 3 aromatic rings. The fourth-order valence-corrected chi connectivity index (χ4v) is 3.14. The van der Waals surface area contributed by atoms with Crippen LogP contribution in [0.3, 0.4) is 0 Å². The lowest BCUT2D eigenvalue weighted by molar-refractivity contribution is -0.131. The quantitative estimate of drug-likeness (QED) is 0.539. The maximum absolute atomic E-state index is 12.4. The summed E-state index contributed by atoms with van der Waals surface area (Å²) in [6, 6.07) is 21.4. The first-order chi connectivity index (χ1) is 16.1. The number of hydrogen-bond donors (Lipinski definition) is 2. The fourth-order valence-electron chi connectivity index (χ4n) is 3.14. The zero-order chi connectivity index (χ0) is 23.0. The van der Waals surface area contributed by atoms with Crippen LogP contribution >= 0.6 is 0 Å². The number of carbonyl (C=O) groups excluding carboxylic acids is 2. The number of carbonyl (C=O) groups is 2. The van der Waals surface area contributed by atoms with Gasteiger partial charge in [-0.3, -0.25) is 20.4 Å². The van der Waals surface area contributed by atoms with Crippen molar-refractivity contribution in [3.8, 4) is 23.0 Å². The molecule has 2 amide bonds. The highest BCUT2D eigenvalue weighted by Gasteiger charge is 2.27. The molecular formula is C25H24N2O6. The van der Waals surface area contributed by atoms with Crippen molar-refractivity contribution in [2.45, 2.75) is 19.6 Å². The van der Waals surface area contributed by atoms with Gasteiger partial charge in [-0.1, -0.05) is 24.3 Å². The topological polar surface area (TPSA) is 95.1 Å². The molecule has 8 heteroatoms. The van der Waals surface area contributed by atoms with Crippen molar-refractivity contribution in [2.24, 2.45) is 0 Å². The van der Waals surface area contributed by atoms with Gasteiger partial charge in [0.2, 0.25) is 6.10 Å². The van der Waals surface area contributed by atoms with E-state index in [1.54, 1.807) is 42.5 Å². The Morgan fingerprint density at radius 1 is 0.879 bits per heavy atom. The van der Waals surface area contributed by atoms with E-state index >= 15 is 0 Å². The van der Waals surface area contributed by atoms with E-state index in [1.165, 1.54) is 0 Å². The van der Waals surface area contributed by atoms with Gasteiger partial charge in [0, 0.05) is 5.56 Å². The summed E-state index contributed by atoms with van der Waals surface area (Å²) in [6.45, 7) is 2.96. The predicted octanol–water partition coefficient (Wildman–Crippen LogP) is 3.27. The first-order valence-corrected chi connectivity index (χ1v) is 10.6. The minimum absolute atomic E-state index is 0.0573. The van der Waals surface area contributed by atoms with Gasteiger partial charge in [-0.15, -0.1) is 0 Å². The maximum atomic E-state index is 12.4. The molecule has 1 heterocycles. The van der Waals surface area contributed by atoms with Crippen molar-refractivity contribution in [3.63, 3.8) is 0 Å². The highest BCUT2D eigenvalue weighted by atomic mass is 16.6. The Bertz CT molecular complexity index is 1100. The summed E-state index contributed by atoms with van der Waals surface area (Å²) in [5.41, 5.74) is 6.07. The molecule has 1 aliphatic heterocycles. The molecule has 170 valence electrons. The number of para-hydroxylation sites is 2. The lowest BCUT2D eigenvalue weighted by Gasteiger charge is -2.25. The summed E-state index contributed by atoms with van der Waals surface area (Å²) in [5, 5.41) is 0. The average molecular weight is 448 g/mol. The second-order valence-corrected chi connectivity index (χ2v) is 7.20. The SMILES string of the molecule is CCOc1ccc(OCc2ccc(C(=O)NNC(=O)[C@H]3COc4ccccc4O3)cc2)cc1. The fraction of sp³-hybridized carbons (Fsp3) is 0.200. The highest BCUT2D eigenvalue weighted by molar-refractivity contribution is 5.95. The monoisotopic (exact) mass is 448 g/mol. The molecule has 0 aromatic heterocycles. The van der Waals surface area contributed by atoms with Crippen LogP contribution in [0.2, 0.25) is 0 Å². The lowest BCUT2D eigenvalue weighted by Crippen LogP contribution is -2.50. The van der Waals surface area contributed by atoms with E-state index in [4.69, 9.17) is 18.9 Å². The third-order valence-electron chi connectivity index (χ3n) is 4.86. The van der Waals surface area contributed by atoms with E-state index in [2.05, 4.69) is 10.9 Å². The molecule has 0 saturated heterocycles. The summed E-state index contributed by atoms with van der Waals surface area (Å²) >= 11 is 0. The van der Waals surface area contributed by atoms with E-state index in [0.717, 1.165) is 17.1 Å². The zero-order valence-corrected chi connectivity index (χ0v) is 18.1. The number of ether oxygens (including phenoxy) is 4. The Hall–Kier alpha value is -4.20. The minimum Gasteiger partial charge on any atom is -0.494 e. The van der Waals surface area contributed by atoms with Gasteiger partial charge < -0.3 is 18.9 Å². The molecule has 0 bridgehead atoms. The zero-order valence-electron chi connectivity index (χ0n) is 18.1. The summed E-state index contributed by atoms with van der Waals surface area (Å²) < 4.78 is 22.3. The molecule has 4 rings (SSSR count). The minimum atomic E-state index is -0.859. The third kappa shape index (κ3) is 5.74. The van der Waals surface area contributed by atoms with Crippen LogP contribution in [0.15, 0.2) is 72.8 Å². The summed E-state index contributed by atoms with van der Waals surface area (Å²) in [7, 11) is 0. The summed E-state index contributed by atoms with van der Waals surface area (Å²) in [5.74, 6) is 1.63. The molecule has 0 aliphatic carbocycles. The first kappa shape index (κ1) is 22.0. The molecule has 2 N–H and O–H groups in total. The molecule has 1 aliphatic rings. The first-order valence-electron chi connectivity index (χ1n) is 10.6. The van der Waals surface area contributed by atoms with Gasteiger partial charge in [0.25, 0.3) is 11.8 Å². The van der Waals surface area contributed by atoms with Crippen molar-refractivity contribution in [3.05, 3.63) is 83.9 Å². The Morgan fingerprint density at radius 2 is 1.55 bits per heavy atom. The van der Waals surface area contributed by atoms with Crippen LogP contribution in [0, 0.1) is 0 Å². The van der Waals surface area contributed by atoms with Crippen LogP contribution in [0.5, 0.6) is 23.0 Å². The second-order valence-electron chi connectivity index (χ2n) is 7.20. The van der Waals surface area contributed by atoms with E-state index in [9.17, 15) is 9.59 Å². The third-order valence-corrected chi connectivity index (χ3v) is 4.86. The number of hydrazine groups is 1. The van der Waals surface area contributed by atoms with E-state index in [-0.39, 0.29) is 6.61 Å². The Kier molecular flexibility index (Phi) is 6.94. The Balaban J connectivity index is 1.24. The van der Waals surface area contributed by atoms with Crippen molar-refractivity contribution in [1.29, 1.82) is 0 Å². The number of nitrogens with one attached hydrogen (secondary N) is 2. The van der Waals surface area contributed by atoms with Crippen LogP contribution in [0.25, 0.3) is 0 Å². The molecule has 8 nitrogen and oxygen atoms in total. The summed E-state index contributed by atoms with van der Waals surface area (Å²) in [4.78, 5) is 24.7. The predicted molar refractivity (Wildman–Crippen MR) is 120 cm³/mol. The molecule has 0 saturated carbocycles. The van der Waals surface area contributed by atoms with Gasteiger partial charge in [0.05, 0.1) is 6.61 Å². The second kappa shape index (κ2) is 10.4. The molecule has 0 spiro atoms. The van der Waals surface area contributed by atoms with Gasteiger partial charge in [0.1, 0.15) is 24.7 Å². The Labute approximate surface area is 191 Å². The van der Waals surface area contributed by atoms with Crippen molar-refractivity contribution < 1.29 is 28.5 Å². The molecule has 1 atom stereocenters. The van der Waals surface area contributed by atoms with Crippen molar-refractivity contribution >= 4 is 11.8 Å². The van der Waals surface area contributed by atoms with Gasteiger partial charge in [-0.05, 0) is 61.0 Å².